The molecule has 0 atom stereocenters. The zero-order valence-corrected chi connectivity index (χ0v) is 22.7. The van der Waals surface area contributed by atoms with Crippen molar-refractivity contribution in [3.05, 3.63) is 97.3 Å². The molecule has 9 nitrogen and oxygen atoms in total. The number of Topliss-reactive ketones (excluding diaryl/α,β-unsaturated/α-hetero) is 1. The van der Waals surface area contributed by atoms with Crippen molar-refractivity contribution in [2.75, 3.05) is 16.4 Å². The van der Waals surface area contributed by atoms with Gasteiger partial charge >= 0.3 is 5.69 Å². The van der Waals surface area contributed by atoms with Gasteiger partial charge in [-0.15, -0.1) is 0 Å². The number of aromatic nitrogens is 2. The van der Waals surface area contributed by atoms with Gasteiger partial charge in [-0.2, -0.15) is 0 Å². The number of nitrogen functional groups attached to an aromatic ring is 1. The van der Waals surface area contributed by atoms with Gasteiger partial charge in [0.15, 0.2) is 11.0 Å². The Hall–Kier alpha value is -4.18. The molecule has 0 unspecified atom stereocenters. The maximum atomic E-state index is 13.5. The number of nitrogens with two attached hydrogens (primary N) is 1. The smallest absolute Gasteiger partial charge is 0.332 e. The maximum absolute atomic E-state index is 13.5. The molecule has 1 aromatic heterocycles. The van der Waals surface area contributed by atoms with E-state index in [1.165, 1.54) is 24.6 Å². The van der Waals surface area contributed by atoms with Crippen LogP contribution in [0.4, 0.5) is 11.5 Å². The van der Waals surface area contributed by atoms with E-state index in [1.54, 1.807) is 6.08 Å². The lowest BCUT2D eigenvalue weighted by Crippen LogP contribution is -2.42. The highest BCUT2D eigenvalue weighted by molar-refractivity contribution is 8.14. The lowest BCUT2D eigenvalue weighted by Gasteiger charge is -2.18. The average Bonchev–Trinajstić information content (AvgIpc) is 3.20. The first kappa shape index (κ1) is 26.9. The summed E-state index contributed by atoms with van der Waals surface area (Å²) >= 11 is 1.03. The van der Waals surface area contributed by atoms with Gasteiger partial charge in [0.2, 0.25) is 0 Å². The largest absolute Gasteiger partial charge is 0.384 e. The van der Waals surface area contributed by atoms with Crippen molar-refractivity contribution in [3.8, 4) is 0 Å². The van der Waals surface area contributed by atoms with Crippen molar-refractivity contribution in [2.24, 2.45) is 19.1 Å². The quantitative estimate of drug-likeness (QED) is 0.384. The number of carbonyl (C=O) groups is 2. The summed E-state index contributed by atoms with van der Waals surface area (Å²) in [6, 6.07) is 15.3. The van der Waals surface area contributed by atoms with Crippen molar-refractivity contribution in [1.82, 2.24) is 9.13 Å². The van der Waals surface area contributed by atoms with Gasteiger partial charge in [-0.25, -0.2) is 9.79 Å². The zero-order chi connectivity index (χ0) is 27.7. The van der Waals surface area contributed by atoms with Crippen LogP contribution in [-0.4, -0.2) is 31.7 Å². The van der Waals surface area contributed by atoms with E-state index in [2.05, 4.69) is 18.8 Å². The third-order valence-corrected chi connectivity index (χ3v) is 7.29. The van der Waals surface area contributed by atoms with Gasteiger partial charge < -0.3 is 5.73 Å². The molecule has 0 spiro atoms. The molecule has 0 bridgehead atoms. The van der Waals surface area contributed by atoms with E-state index in [0.29, 0.717) is 16.8 Å². The highest BCUT2D eigenvalue weighted by atomic mass is 32.2. The van der Waals surface area contributed by atoms with Crippen LogP contribution in [0.2, 0.25) is 0 Å². The lowest BCUT2D eigenvalue weighted by atomic mass is 10.0. The summed E-state index contributed by atoms with van der Waals surface area (Å²) < 4.78 is 1.90. The molecule has 2 aromatic carbocycles. The Morgan fingerprint density at radius 1 is 1.00 bits per heavy atom. The number of ketones is 1. The molecule has 38 heavy (non-hydrogen) atoms. The van der Waals surface area contributed by atoms with Crippen molar-refractivity contribution in [3.63, 3.8) is 0 Å². The Balaban J connectivity index is 1.68. The highest BCUT2D eigenvalue weighted by Gasteiger charge is 2.33. The molecule has 196 valence electrons. The van der Waals surface area contributed by atoms with Gasteiger partial charge in [0.1, 0.15) is 17.1 Å². The van der Waals surface area contributed by atoms with Crippen LogP contribution in [0.3, 0.4) is 0 Å². The number of aliphatic imine (C=N–C) groups is 1. The summed E-state index contributed by atoms with van der Waals surface area (Å²) in [6.45, 7) is 6.17. The number of hydrogen-bond donors (Lipinski definition) is 1. The van der Waals surface area contributed by atoms with Crippen LogP contribution >= 0.6 is 11.8 Å². The van der Waals surface area contributed by atoms with E-state index in [1.807, 2.05) is 55.5 Å². The van der Waals surface area contributed by atoms with Crippen LogP contribution in [0.25, 0.3) is 6.08 Å². The van der Waals surface area contributed by atoms with Gasteiger partial charge in [0, 0.05) is 14.1 Å². The van der Waals surface area contributed by atoms with Gasteiger partial charge in [-0.05, 0) is 42.2 Å². The lowest BCUT2D eigenvalue weighted by molar-refractivity contribution is -0.113. The third-order valence-electron chi connectivity index (χ3n) is 6.35. The van der Waals surface area contributed by atoms with Crippen LogP contribution in [0.1, 0.15) is 46.8 Å². The van der Waals surface area contributed by atoms with E-state index < -0.39 is 17.0 Å². The van der Waals surface area contributed by atoms with E-state index >= 15 is 0 Å². The predicted molar refractivity (Wildman–Crippen MR) is 153 cm³/mol. The Labute approximate surface area is 224 Å². The molecular formula is C28H29N5O4S. The molecule has 0 saturated heterocycles. The molecular weight excluding hydrogens is 502 g/mol. The third kappa shape index (κ3) is 5.12. The normalized spacial score (nSPS) is 14.5. The molecule has 1 aliphatic heterocycles. The number of amides is 1. The minimum absolute atomic E-state index is 0.200. The Morgan fingerprint density at radius 2 is 1.63 bits per heavy atom. The summed E-state index contributed by atoms with van der Waals surface area (Å²) in [5.41, 5.74) is 8.18. The standard InChI is InChI=1S/C28H29N5O4S/c1-16(2)19-10-8-18(9-11-19)14-21-25(35)33(20-12-6-17(3)7-13-20)27(30-21)38-15-22(34)23-24(29)31(4)28(37)32(5)26(23)36/h6-14,16H,15,29H2,1-5H3. The number of rotatable bonds is 6. The predicted octanol–water partition coefficient (Wildman–Crippen LogP) is 3.46. The molecule has 1 amide bonds. The van der Waals surface area contributed by atoms with E-state index in [4.69, 9.17) is 5.73 Å². The summed E-state index contributed by atoms with van der Waals surface area (Å²) in [5, 5.41) is 0.303. The summed E-state index contributed by atoms with van der Waals surface area (Å²) in [6.07, 6.45) is 1.71. The summed E-state index contributed by atoms with van der Waals surface area (Å²) in [7, 11) is 2.68. The number of aryl methyl sites for hydroxylation is 1. The average molecular weight is 532 g/mol. The van der Waals surface area contributed by atoms with Gasteiger partial charge in [0.25, 0.3) is 11.5 Å². The Morgan fingerprint density at radius 3 is 2.24 bits per heavy atom. The van der Waals surface area contributed by atoms with Gasteiger partial charge in [0.05, 0.1) is 11.4 Å². The van der Waals surface area contributed by atoms with E-state index in [0.717, 1.165) is 32.0 Å². The molecule has 0 fully saturated rings. The van der Waals surface area contributed by atoms with Crippen molar-refractivity contribution in [1.29, 1.82) is 0 Å². The molecule has 2 heterocycles. The summed E-state index contributed by atoms with van der Waals surface area (Å²) in [5.74, 6) is -0.909. The number of nitrogens with zero attached hydrogens (tertiary/aromatic N) is 4. The topological polar surface area (TPSA) is 120 Å². The van der Waals surface area contributed by atoms with Crippen LogP contribution in [0, 0.1) is 6.92 Å². The number of carbonyl (C=O) groups excluding carboxylic acids is 2. The van der Waals surface area contributed by atoms with Crippen molar-refractivity contribution in [2.45, 2.75) is 26.7 Å². The highest BCUT2D eigenvalue weighted by Crippen LogP contribution is 2.30. The molecule has 0 aliphatic carbocycles. The SMILES string of the molecule is Cc1ccc(N2C(=O)C(=Cc3ccc(C(C)C)cc3)N=C2SCC(=O)c2c(N)n(C)c(=O)n(C)c2=O)cc1. The fourth-order valence-corrected chi connectivity index (χ4v) is 4.86. The molecule has 10 heteroatoms. The van der Waals surface area contributed by atoms with E-state index in [9.17, 15) is 19.2 Å². The zero-order valence-electron chi connectivity index (χ0n) is 21.9. The fraction of sp³-hybridized carbons (Fsp3) is 0.250. The van der Waals surface area contributed by atoms with E-state index in [-0.39, 0.29) is 28.7 Å². The Bertz CT molecular complexity index is 1600. The van der Waals surface area contributed by atoms with Gasteiger partial charge in [-0.3, -0.25) is 28.4 Å². The number of hydrogen-bond acceptors (Lipinski definition) is 7. The number of thioether (sulfide) groups is 1. The van der Waals surface area contributed by atoms with Crippen LogP contribution in [0.5, 0.6) is 0 Å². The molecule has 0 radical (unpaired) electrons. The second-order valence-corrected chi connectivity index (χ2v) is 10.3. The summed E-state index contributed by atoms with van der Waals surface area (Å²) in [4.78, 5) is 57.3. The molecule has 2 N–H and O–H groups in total. The van der Waals surface area contributed by atoms with Crippen LogP contribution in [-0.2, 0) is 18.9 Å². The second-order valence-electron chi connectivity index (χ2n) is 9.40. The first-order valence-electron chi connectivity index (χ1n) is 12.0. The minimum Gasteiger partial charge on any atom is -0.384 e. The molecule has 0 saturated carbocycles. The van der Waals surface area contributed by atoms with Crippen molar-refractivity contribution < 1.29 is 9.59 Å². The second kappa shape index (κ2) is 10.7. The number of benzene rings is 2. The van der Waals surface area contributed by atoms with Crippen molar-refractivity contribution >= 4 is 46.2 Å². The molecule has 4 rings (SSSR count). The molecule has 3 aromatic rings. The Kier molecular flexibility index (Phi) is 7.54. The minimum atomic E-state index is -0.763. The first-order chi connectivity index (χ1) is 18.0. The molecule has 1 aliphatic rings. The monoisotopic (exact) mass is 531 g/mol. The number of anilines is 2. The van der Waals surface area contributed by atoms with Crippen LogP contribution in [0.15, 0.2) is 68.8 Å². The van der Waals surface area contributed by atoms with Crippen LogP contribution < -0.4 is 21.9 Å². The first-order valence-corrected chi connectivity index (χ1v) is 13.0. The fourth-order valence-electron chi connectivity index (χ4n) is 3.97. The maximum Gasteiger partial charge on any atom is 0.332 e. The van der Waals surface area contributed by atoms with Gasteiger partial charge in [-0.1, -0.05) is 67.6 Å². The number of amidine groups is 1.